The molecule has 0 N–H and O–H groups in total. The highest BCUT2D eigenvalue weighted by Crippen LogP contribution is 2.52. The van der Waals surface area contributed by atoms with E-state index in [0.29, 0.717) is 5.82 Å². The summed E-state index contributed by atoms with van der Waals surface area (Å²) in [6.45, 7) is 2.36. The van der Waals surface area contributed by atoms with Gasteiger partial charge >= 0.3 is 0 Å². The van der Waals surface area contributed by atoms with Crippen molar-refractivity contribution in [1.82, 2.24) is 9.97 Å². The molecule has 0 amide bonds. The van der Waals surface area contributed by atoms with Crippen molar-refractivity contribution in [2.45, 2.75) is 12.3 Å². The Morgan fingerprint density at radius 1 is 0.431 bits per heavy atom. The van der Waals surface area contributed by atoms with Gasteiger partial charge in [0.25, 0.3) is 0 Å². The molecular weight excluding hydrogens is 621 g/mol. The third-order valence-electron chi connectivity index (χ3n) is 10.6. The Morgan fingerprint density at radius 2 is 0.980 bits per heavy atom. The standard InChI is InChI=1S/C48H32N2O/c1-48(41-19-8-5-14-36(41)37-15-6-9-20-42(37)48)35-28-26-32(27-29-35)31-22-24-33(25-23-31)43-30-44(50-47(49-43)34-12-3-2-4-13-34)40-18-11-17-39-38-16-7-10-21-45(38)51-46(39)40/h2-30H,1H3. The van der Waals surface area contributed by atoms with Crippen LogP contribution in [0.5, 0.6) is 0 Å². The number of nitrogens with zero attached hydrogens (tertiary/aromatic N) is 2. The van der Waals surface area contributed by atoms with Gasteiger partial charge in [0.1, 0.15) is 11.2 Å². The van der Waals surface area contributed by atoms with E-state index >= 15 is 0 Å². The number of aromatic nitrogens is 2. The maximum atomic E-state index is 6.42. The van der Waals surface area contributed by atoms with Crippen LogP contribution in [0.4, 0.5) is 0 Å². The summed E-state index contributed by atoms with van der Waals surface area (Å²) in [5.74, 6) is 0.680. The molecule has 0 fully saturated rings. The summed E-state index contributed by atoms with van der Waals surface area (Å²) in [6.07, 6.45) is 0. The van der Waals surface area contributed by atoms with Crippen molar-refractivity contribution >= 4 is 21.9 Å². The first-order valence-corrected chi connectivity index (χ1v) is 17.4. The van der Waals surface area contributed by atoms with Crippen molar-refractivity contribution in [3.05, 3.63) is 193 Å². The zero-order valence-corrected chi connectivity index (χ0v) is 28.0. The summed E-state index contributed by atoms with van der Waals surface area (Å²) < 4.78 is 6.42. The monoisotopic (exact) mass is 652 g/mol. The third-order valence-corrected chi connectivity index (χ3v) is 10.6. The van der Waals surface area contributed by atoms with Gasteiger partial charge in [-0.2, -0.15) is 0 Å². The van der Waals surface area contributed by atoms with Gasteiger partial charge in [-0.1, -0.05) is 158 Å². The Hall–Kier alpha value is -6.58. The van der Waals surface area contributed by atoms with Crippen molar-refractivity contribution < 1.29 is 4.42 Å². The summed E-state index contributed by atoms with van der Waals surface area (Å²) in [7, 11) is 0. The van der Waals surface area contributed by atoms with Crippen molar-refractivity contribution in [3.63, 3.8) is 0 Å². The highest BCUT2D eigenvalue weighted by Gasteiger charge is 2.40. The highest BCUT2D eigenvalue weighted by molar-refractivity contribution is 6.09. The van der Waals surface area contributed by atoms with Gasteiger partial charge in [0.05, 0.1) is 11.4 Å². The Bertz CT molecular complexity index is 2700. The van der Waals surface area contributed by atoms with Gasteiger partial charge in [0, 0.05) is 32.9 Å². The summed E-state index contributed by atoms with van der Waals surface area (Å²) in [5, 5.41) is 2.18. The second-order valence-electron chi connectivity index (χ2n) is 13.5. The Labute approximate surface area is 296 Å². The van der Waals surface area contributed by atoms with Gasteiger partial charge in [-0.3, -0.25) is 0 Å². The molecule has 0 saturated carbocycles. The molecule has 0 aliphatic heterocycles. The van der Waals surface area contributed by atoms with Crippen molar-refractivity contribution in [3.8, 4) is 56.2 Å². The van der Waals surface area contributed by atoms with Crippen molar-refractivity contribution in [2.24, 2.45) is 0 Å². The number of hydrogen-bond acceptors (Lipinski definition) is 3. The topological polar surface area (TPSA) is 38.9 Å². The number of fused-ring (bicyclic) bond motifs is 6. The molecule has 9 aromatic rings. The number of para-hydroxylation sites is 2. The molecular formula is C48H32N2O. The molecule has 3 heteroatoms. The summed E-state index contributed by atoms with van der Waals surface area (Å²) in [6, 6.07) is 62.1. The van der Waals surface area contributed by atoms with E-state index in [2.05, 4.69) is 146 Å². The number of hydrogen-bond donors (Lipinski definition) is 0. The fourth-order valence-corrected chi connectivity index (χ4v) is 7.99. The summed E-state index contributed by atoms with van der Waals surface area (Å²) >= 11 is 0. The van der Waals surface area contributed by atoms with Crippen LogP contribution in [0.3, 0.4) is 0 Å². The van der Waals surface area contributed by atoms with E-state index in [1.807, 2.05) is 36.4 Å². The van der Waals surface area contributed by atoms with Crippen LogP contribution < -0.4 is 0 Å². The molecule has 0 saturated heterocycles. The van der Waals surface area contributed by atoms with Crippen LogP contribution in [0.2, 0.25) is 0 Å². The predicted octanol–water partition coefficient (Wildman–Crippen LogP) is 12.4. The average molecular weight is 653 g/mol. The minimum Gasteiger partial charge on any atom is -0.455 e. The minimum absolute atomic E-state index is 0.205. The van der Waals surface area contributed by atoms with Crippen LogP contribution >= 0.6 is 0 Å². The number of benzene rings is 7. The van der Waals surface area contributed by atoms with Crippen LogP contribution in [0.1, 0.15) is 23.6 Å². The van der Waals surface area contributed by atoms with Gasteiger partial charge in [-0.05, 0) is 64.1 Å². The molecule has 10 rings (SSSR count). The molecule has 51 heavy (non-hydrogen) atoms. The van der Waals surface area contributed by atoms with Gasteiger partial charge in [0.15, 0.2) is 5.82 Å². The maximum absolute atomic E-state index is 6.42. The van der Waals surface area contributed by atoms with E-state index in [1.165, 1.54) is 33.4 Å². The van der Waals surface area contributed by atoms with Crippen molar-refractivity contribution in [1.29, 1.82) is 0 Å². The van der Waals surface area contributed by atoms with Gasteiger partial charge < -0.3 is 4.42 Å². The predicted molar refractivity (Wildman–Crippen MR) is 208 cm³/mol. The van der Waals surface area contributed by atoms with Gasteiger partial charge in [-0.25, -0.2) is 9.97 Å². The molecule has 1 aliphatic rings. The molecule has 240 valence electrons. The van der Waals surface area contributed by atoms with E-state index in [9.17, 15) is 0 Å². The lowest BCUT2D eigenvalue weighted by Crippen LogP contribution is -2.22. The Morgan fingerprint density at radius 3 is 1.71 bits per heavy atom. The Kier molecular flexibility index (Phi) is 6.62. The molecule has 0 atom stereocenters. The third kappa shape index (κ3) is 4.66. The zero-order valence-electron chi connectivity index (χ0n) is 28.0. The summed E-state index contributed by atoms with van der Waals surface area (Å²) in [5.41, 5.74) is 15.1. The fourth-order valence-electron chi connectivity index (χ4n) is 7.99. The van der Waals surface area contributed by atoms with Crippen LogP contribution in [0.15, 0.2) is 180 Å². The van der Waals surface area contributed by atoms with E-state index in [0.717, 1.165) is 55.6 Å². The quantitative estimate of drug-likeness (QED) is 0.186. The normalized spacial score (nSPS) is 13.0. The van der Waals surface area contributed by atoms with Gasteiger partial charge in [-0.15, -0.1) is 0 Å². The van der Waals surface area contributed by atoms with Crippen LogP contribution in [0.25, 0.3) is 78.1 Å². The zero-order chi connectivity index (χ0) is 33.9. The van der Waals surface area contributed by atoms with Crippen LogP contribution in [-0.2, 0) is 5.41 Å². The lowest BCUT2D eigenvalue weighted by atomic mass is 9.74. The van der Waals surface area contributed by atoms with E-state index in [1.54, 1.807) is 0 Å². The molecule has 7 aromatic carbocycles. The van der Waals surface area contributed by atoms with Gasteiger partial charge in [0.2, 0.25) is 0 Å². The van der Waals surface area contributed by atoms with Crippen LogP contribution in [-0.4, -0.2) is 9.97 Å². The molecule has 3 nitrogen and oxygen atoms in total. The lowest BCUT2D eigenvalue weighted by molar-refractivity contribution is 0.670. The molecule has 1 aliphatic carbocycles. The average Bonchev–Trinajstić information content (AvgIpc) is 3.72. The second kappa shape index (κ2) is 11.5. The Balaban J connectivity index is 1.03. The van der Waals surface area contributed by atoms with Crippen LogP contribution in [0, 0.1) is 0 Å². The van der Waals surface area contributed by atoms with E-state index < -0.39 is 0 Å². The first kappa shape index (κ1) is 29.3. The molecule has 0 spiro atoms. The maximum Gasteiger partial charge on any atom is 0.160 e. The largest absolute Gasteiger partial charge is 0.455 e. The molecule has 0 radical (unpaired) electrons. The highest BCUT2D eigenvalue weighted by atomic mass is 16.3. The fraction of sp³-hybridized carbons (Fsp3) is 0.0417. The SMILES string of the molecule is CC1(c2ccc(-c3ccc(-c4cc(-c5cccc6c5oc5ccccc56)nc(-c5ccccc5)n4)cc3)cc2)c2ccccc2-c2ccccc21. The van der Waals surface area contributed by atoms with E-state index in [4.69, 9.17) is 14.4 Å². The number of rotatable bonds is 5. The molecule has 2 aromatic heterocycles. The lowest BCUT2D eigenvalue weighted by Gasteiger charge is -2.28. The first-order valence-electron chi connectivity index (χ1n) is 17.4. The van der Waals surface area contributed by atoms with E-state index in [-0.39, 0.29) is 5.41 Å². The first-order chi connectivity index (χ1) is 25.1. The second-order valence-corrected chi connectivity index (χ2v) is 13.5. The number of furan rings is 1. The molecule has 2 heterocycles. The molecule has 0 unspecified atom stereocenters. The minimum atomic E-state index is -0.205. The smallest absolute Gasteiger partial charge is 0.160 e. The summed E-state index contributed by atoms with van der Waals surface area (Å²) in [4.78, 5) is 10.2. The molecule has 0 bridgehead atoms. The van der Waals surface area contributed by atoms with Crippen molar-refractivity contribution in [2.75, 3.05) is 0 Å².